The van der Waals surface area contributed by atoms with E-state index in [0.29, 0.717) is 0 Å². The fourth-order valence-electron chi connectivity index (χ4n) is 4.06. The molecule has 146 valence electrons. The molecule has 0 aliphatic rings. The second kappa shape index (κ2) is 9.19. The maximum atomic E-state index is 12.6. The Morgan fingerprint density at radius 2 is 1.14 bits per heavy atom. The van der Waals surface area contributed by atoms with Gasteiger partial charge in [-0.15, -0.1) is 0 Å². The van der Waals surface area contributed by atoms with Crippen LogP contribution in [-0.2, 0) is 9.32 Å². The van der Waals surface area contributed by atoms with Crippen LogP contribution in [0.1, 0.15) is 19.8 Å². The zero-order valence-electron chi connectivity index (χ0n) is 16.1. The summed E-state index contributed by atoms with van der Waals surface area (Å²) in [5, 5.41) is 3.32. The third kappa shape index (κ3) is 3.75. The van der Waals surface area contributed by atoms with Gasteiger partial charge in [0.25, 0.3) is 0 Å². The van der Waals surface area contributed by atoms with Gasteiger partial charge in [0, 0.05) is 0 Å². The van der Waals surface area contributed by atoms with Crippen molar-refractivity contribution in [2.24, 2.45) is 0 Å². The molecule has 0 heterocycles. The van der Waals surface area contributed by atoms with E-state index in [1.807, 2.05) is 54.6 Å². The molecule has 2 nitrogen and oxygen atoms in total. The van der Waals surface area contributed by atoms with Crippen LogP contribution in [0.2, 0.25) is 0 Å². The van der Waals surface area contributed by atoms with Crippen LogP contribution in [0.15, 0.2) is 91.0 Å². The molecule has 3 aromatic rings. The molecule has 0 bridgehead atoms. The molecule has 28 heavy (non-hydrogen) atoms. The number of alkyl halides is 1. The summed E-state index contributed by atoms with van der Waals surface area (Å²) >= 11 is 2.42. The number of rotatable bonds is 8. The quantitative estimate of drug-likeness (QED) is 0.182. The molecule has 0 atom stereocenters. The molecule has 3 aromatic carbocycles. The molecule has 0 amide bonds. The molecule has 0 fully saturated rings. The predicted molar refractivity (Wildman–Crippen MR) is 130 cm³/mol. The molecule has 0 unspecified atom stereocenters. The van der Waals surface area contributed by atoms with Crippen LogP contribution in [0.3, 0.4) is 0 Å². The first-order valence-corrected chi connectivity index (χ1v) is 13.4. The second-order valence-electron chi connectivity index (χ2n) is 6.92. The van der Waals surface area contributed by atoms with Crippen LogP contribution in [0.25, 0.3) is 0 Å². The first-order chi connectivity index (χ1) is 13.6. The van der Waals surface area contributed by atoms with Crippen molar-refractivity contribution in [2.75, 3.05) is 10.6 Å². The van der Waals surface area contributed by atoms with Crippen molar-refractivity contribution in [3.63, 3.8) is 0 Å². The summed E-state index contributed by atoms with van der Waals surface area (Å²) in [6, 6.07) is 31.1. The number of hydrogen-bond donors (Lipinski definition) is 0. The van der Waals surface area contributed by atoms with Crippen molar-refractivity contribution < 1.29 is 9.32 Å². The zero-order chi connectivity index (χ0) is 19.9. The summed E-state index contributed by atoms with van der Waals surface area (Å²) in [6.45, 7) is -1.91. The summed E-state index contributed by atoms with van der Waals surface area (Å²) in [6.07, 6.45) is 2.89. The third-order valence-corrected chi connectivity index (χ3v) is 12.0. The Morgan fingerprint density at radius 3 is 1.46 bits per heavy atom. The van der Waals surface area contributed by atoms with E-state index >= 15 is 0 Å². The standard InChI is InChI=1S/C24H26IO2P/c1-21(26)27-28(20-12-11-19-25,22-13-5-2-6-14-22,23-15-7-3-8-16-23)24-17-9-4-10-18-24/h2-10,13-18H,11-12,19-20H2,1H3. The molecule has 3 rings (SSSR count). The van der Waals surface area contributed by atoms with Crippen molar-refractivity contribution in [2.45, 2.75) is 19.8 Å². The molecule has 0 radical (unpaired) electrons. The Bertz CT molecular complexity index is 798. The monoisotopic (exact) mass is 504 g/mol. The number of benzene rings is 3. The van der Waals surface area contributed by atoms with Gasteiger partial charge in [-0.2, -0.15) is 0 Å². The van der Waals surface area contributed by atoms with E-state index in [4.69, 9.17) is 4.52 Å². The molecule has 0 aromatic heterocycles. The fourth-order valence-corrected chi connectivity index (χ4v) is 10.5. The Morgan fingerprint density at radius 1 is 0.750 bits per heavy atom. The maximum absolute atomic E-state index is 12.6. The van der Waals surface area contributed by atoms with Crippen molar-refractivity contribution in [1.29, 1.82) is 0 Å². The van der Waals surface area contributed by atoms with E-state index in [-0.39, 0.29) is 5.97 Å². The number of carbonyl (C=O) groups is 1. The minimum atomic E-state index is -3.44. The molecular formula is C24H26IO2P. The summed E-state index contributed by atoms with van der Waals surface area (Å²) in [4.78, 5) is 12.6. The Hall–Kier alpha value is -1.71. The van der Waals surface area contributed by atoms with Gasteiger partial charge in [0.15, 0.2) is 0 Å². The normalized spacial score (nSPS) is 12.7. The fraction of sp³-hybridized carbons (Fsp3) is 0.208. The molecule has 0 saturated carbocycles. The average Bonchev–Trinajstić information content (AvgIpc) is 2.75. The summed E-state index contributed by atoms with van der Waals surface area (Å²) in [7, 11) is 0. The van der Waals surface area contributed by atoms with Crippen molar-refractivity contribution in [3.05, 3.63) is 91.0 Å². The van der Waals surface area contributed by atoms with Crippen LogP contribution in [0.5, 0.6) is 0 Å². The number of hydrogen-bond acceptors (Lipinski definition) is 2. The van der Waals surface area contributed by atoms with Gasteiger partial charge in [0.1, 0.15) is 0 Å². The van der Waals surface area contributed by atoms with E-state index in [1.54, 1.807) is 0 Å². The summed E-state index contributed by atoms with van der Waals surface area (Å²) < 4.78 is 7.71. The number of unbranched alkanes of at least 4 members (excludes halogenated alkanes) is 1. The SMILES string of the molecule is CC(=O)OP(CCCCI)(c1ccccc1)(c1ccccc1)c1ccccc1. The number of halogens is 1. The van der Waals surface area contributed by atoms with Gasteiger partial charge >= 0.3 is 182 Å². The van der Waals surface area contributed by atoms with Crippen LogP contribution in [0.4, 0.5) is 0 Å². The van der Waals surface area contributed by atoms with E-state index in [2.05, 4.69) is 59.0 Å². The van der Waals surface area contributed by atoms with Crippen LogP contribution in [-0.4, -0.2) is 16.6 Å². The molecule has 0 N–H and O–H groups in total. The van der Waals surface area contributed by atoms with E-state index in [0.717, 1.165) is 39.3 Å². The molecule has 0 aliphatic heterocycles. The summed E-state index contributed by atoms with van der Waals surface area (Å²) in [5.74, 6) is -0.233. The van der Waals surface area contributed by atoms with Crippen LogP contribution in [0, 0.1) is 0 Å². The minimum absolute atomic E-state index is 0.233. The van der Waals surface area contributed by atoms with Crippen molar-refractivity contribution in [1.82, 2.24) is 0 Å². The molecule has 0 saturated heterocycles. The van der Waals surface area contributed by atoms with Crippen molar-refractivity contribution >= 4 is 51.3 Å². The predicted octanol–water partition coefficient (Wildman–Crippen LogP) is 5.21. The first-order valence-electron chi connectivity index (χ1n) is 9.58. The van der Waals surface area contributed by atoms with Crippen molar-refractivity contribution in [3.8, 4) is 0 Å². The Labute approximate surface area is 181 Å². The third-order valence-electron chi connectivity index (χ3n) is 5.21. The summed E-state index contributed by atoms with van der Waals surface area (Å²) in [5.41, 5.74) is 0. The van der Waals surface area contributed by atoms with E-state index < -0.39 is 6.83 Å². The number of carbonyl (C=O) groups excluding carboxylic acids is 1. The van der Waals surface area contributed by atoms with E-state index in [1.165, 1.54) is 6.92 Å². The Balaban J connectivity index is 2.45. The van der Waals surface area contributed by atoms with Gasteiger partial charge in [-0.25, -0.2) is 0 Å². The average molecular weight is 504 g/mol. The molecule has 0 aliphatic carbocycles. The molecule has 4 heteroatoms. The molecule has 0 spiro atoms. The van der Waals surface area contributed by atoms with Gasteiger partial charge in [0.05, 0.1) is 0 Å². The van der Waals surface area contributed by atoms with Crippen LogP contribution >= 0.6 is 29.4 Å². The van der Waals surface area contributed by atoms with Gasteiger partial charge in [-0.05, 0) is 0 Å². The topological polar surface area (TPSA) is 26.3 Å². The van der Waals surface area contributed by atoms with Gasteiger partial charge in [-0.1, -0.05) is 0 Å². The first kappa shape index (κ1) is 21.0. The van der Waals surface area contributed by atoms with Crippen LogP contribution < -0.4 is 15.9 Å². The van der Waals surface area contributed by atoms with Gasteiger partial charge in [0.2, 0.25) is 0 Å². The Kier molecular flexibility index (Phi) is 6.90. The van der Waals surface area contributed by atoms with E-state index in [9.17, 15) is 4.79 Å². The molecular weight excluding hydrogens is 478 g/mol. The van der Waals surface area contributed by atoms with Gasteiger partial charge < -0.3 is 0 Å². The zero-order valence-corrected chi connectivity index (χ0v) is 19.2. The second-order valence-corrected chi connectivity index (χ2v) is 12.6. The van der Waals surface area contributed by atoms with Gasteiger partial charge in [-0.3, -0.25) is 0 Å².